The van der Waals surface area contributed by atoms with Gasteiger partial charge in [0, 0.05) is 0 Å². The van der Waals surface area contributed by atoms with Gasteiger partial charge in [-0.3, -0.25) is 0 Å². The first-order valence-corrected chi connectivity index (χ1v) is 8.83. The van der Waals surface area contributed by atoms with Crippen LogP contribution in [0.1, 0.15) is 5.69 Å². The molecule has 0 fully saturated rings. The summed E-state index contributed by atoms with van der Waals surface area (Å²) in [5.74, 6) is 0.179. The number of pyridine rings is 1. The molecule has 3 aromatic rings. The third-order valence-electron chi connectivity index (χ3n) is 2.93. The van der Waals surface area contributed by atoms with E-state index in [-0.39, 0.29) is 11.5 Å². The third kappa shape index (κ3) is 1.96. The van der Waals surface area contributed by atoms with Crippen molar-refractivity contribution in [3.8, 4) is 11.1 Å². The van der Waals surface area contributed by atoms with Gasteiger partial charge in [-0.1, -0.05) is 0 Å². The Bertz CT molecular complexity index is 841. The summed E-state index contributed by atoms with van der Waals surface area (Å²) < 4.78 is 6.50. The van der Waals surface area contributed by atoms with Gasteiger partial charge >= 0.3 is 124 Å². The Morgan fingerprint density at radius 3 is 2.85 bits per heavy atom. The van der Waals surface area contributed by atoms with Crippen molar-refractivity contribution in [1.82, 2.24) is 17.9 Å². The van der Waals surface area contributed by atoms with Gasteiger partial charge in [0.1, 0.15) is 0 Å². The first-order valence-electron chi connectivity index (χ1n) is 5.71. The molecule has 3 rings (SSSR count). The van der Waals surface area contributed by atoms with Crippen molar-refractivity contribution in [2.45, 2.75) is 6.92 Å². The van der Waals surface area contributed by atoms with Gasteiger partial charge < -0.3 is 0 Å². The van der Waals surface area contributed by atoms with Crippen molar-refractivity contribution >= 4 is 17.0 Å². The molecule has 0 unspecified atom stereocenters. The number of halogens is 1. The molecule has 0 aromatic carbocycles. The molecule has 0 saturated heterocycles. The van der Waals surface area contributed by atoms with Crippen molar-refractivity contribution in [2.75, 3.05) is 10.7 Å². The van der Waals surface area contributed by atoms with Gasteiger partial charge in [0.25, 0.3) is 0 Å². The Morgan fingerprint density at radius 2 is 2.20 bits per heavy atom. The van der Waals surface area contributed by atoms with E-state index < -0.39 is 21.5 Å². The number of hydrogen-bond donors (Lipinski definition) is 1. The molecule has 0 aliphatic rings. The Morgan fingerprint density at radius 1 is 1.40 bits per heavy atom. The van der Waals surface area contributed by atoms with Gasteiger partial charge in [-0.25, -0.2) is 0 Å². The van der Waals surface area contributed by atoms with Crippen LogP contribution in [0.4, 0.5) is 5.95 Å². The topological polar surface area (TPSA) is 99.8 Å². The standard InChI is InChI=1S/C12H11IN5O2/c1-6-8-3-9(7-4-15-20-5-7)11(19)18(13-2)10(8)17-12(14)16-6/h3-5H,1-2H3,(H2,14,16,17)/q-1. The second kappa shape index (κ2) is 4.85. The molecule has 20 heavy (non-hydrogen) atoms. The summed E-state index contributed by atoms with van der Waals surface area (Å²) in [5.41, 5.74) is 8.11. The zero-order chi connectivity index (χ0) is 14.3. The van der Waals surface area contributed by atoms with Gasteiger partial charge in [-0.15, -0.1) is 0 Å². The van der Waals surface area contributed by atoms with Crippen LogP contribution in [0.15, 0.2) is 27.8 Å². The van der Waals surface area contributed by atoms with E-state index in [1.165, 1.54) is 12.5 Å². The maximum atomic E-state index is 12.6. The molecule has 0 aliphatic carbocycles. The fourth-order valence-corrected chi connectivity index (χ4v) is 3.54. The molecule has 0 amide bonds. The van der Waals surface area contributed by atoms with Crippen molar-refractivity contribution in [3.63, 3.8) is 0 Å². The van der Waals surface area contributed by atoms with Gasteiger partial charge in [-0.2, -0.15) is 0 Å². The van der Waals surface area contributed by atoms with Crippen molar-refractivity contribution in [3.05, 3.63) is 34.6 Å². The summed E-state index contributed by atoms with van der Waals surface area (Å²) in [6.45, 7) is 1.85. The zero-order valence-electron chi connectivity index (χ0n) is 10.8. The SMILES string of the molecule is C[I-]n1c(=O)c(-c2cnoc2)cc2c(C)nc(N)nc21. The minimum atomic E-state index is -0.527. The molecule has 3 heterocycles. The molecule has 104 valence electrons. The second-order valence-electron chi connectivity index (χ2n) is 4.13. The molecule has 7 nitrogen and oxygen atoms in total. The molecule has 0 spiro atoms. The number of fused-ring (bicyclic) bond motifs is 1. The van der Waals surface area contributed by atoms with E-state index in [2.05, 4.69) is 15.1 Å². The summed E-state index contributed by atoms with van der Waals surface area (Å²) in [7, 11) is 0. The number of anilines is 1. The fraction of sp³-hybridized carbons (Fsp3) is 0.167. The summed E-state index contributed by atoms with van der Waals surface area (Å²) in [4.78, 5) is 22.9. The Kier molecular flexibility index (Phi) is 3.16. The first kappa shape index (κ1) is 13.0. The molecule has 0 aliphatic heterocycles. The fourth-order valence-electron chi connectivity index (χ4n) is 2.02. The number of nitrogens with zero attached hydrogens (tertiary/aromatic N) is 4. The van der Waals surface area contributed by atoms with Crippen LogP contribution in [0.5, 0.6) is 0 Å². The average Bonchev–Trinajstić information content (AvgIpc) is 2.92. The van der Waals surface area contributed by atoms with Crippen molar-refractivity contribution in [1.29, 1.82) is 0 Å². The van der Waals surface area contributed by atoms with Crippen LogP contribution in [-0.4, -0.2) is 22.8 Å². The summed E-state index contributed by atoms with van der Waals surface area (Å²) in [6.07, 6.45) is 2.97. The summed E-state index contributed by atoms with van der Waals surface area (Å²) in [5, 5.41) is 4.46. The van der Waals surface area contributed by atoms with Gasteiger partial charge in [-0.05, 0) is 0 Å². The molecule has 0 radical (unpaired) electrons. The molecule has 0 bridgehead atoms. The van der Waals surface area contributed by atoms with Crippen molar-refractivity contribution < 1.29 is 26.0 Å². The Balaban J connectivity index is 2.46. The van der Waals surface area contributed by atoms with E-state index in [0.717, 1.165) is 11.1 Å². The van der Waals surface area contributed by atoms with E-state index in [1.807, 2.05) is 11.9 Å². The Labute approximate surface area is 124 Å². The molecule has 3 aromatic heterocycles. The van der Waals surface area contributed by atoms with Crippen molar-refractivity contribution in [2.24, 2.45) is 0 Å². The van der Waals surface area contributed by atoms with E-state index in [0.29, 0.717) is 16.8 Å². The molecular formula is C12H11IN5O2-. The number of rotatable bonds is 2. The second-order valence-corrected chi connectivity index (χ2v) is 6.06. The van der Waals surface area contributed by atoms with Crippen LogP contribution >= 0.6 is 0 Å². The zero-order valence-corrected chi connectivity index (χ0v) is 13.0. The predicted octanol–water partition coefficient (Wildman–Crippen LogP) is -2.18. The van der Waals surface area contributed by atoms with E-state index in [1.54, 1.807) is 8.85 Å². The van der Waals surface area contributed by atoms with Gasteiger partial charge in [0.15, 0.2) is 0 Å². The number of alkyl halides is 1. The van der Waals surface area contributed by atoms with Crippen LogP contribution in [0.3, 0.4) is 0 Å². The number of hydrogen-bond acceptors (Lipinski definition) is 6. The van der Waals surface area contributed by atoms with Crippen LogP contribution < -0.4 is 32.8 Å². The molecule has 0 saturated carbocycles. The molecular weight excluding hydrogens is 373 g/mol. The average molecular weight is 384 g/mol. The number of nitrogens with two attached hydrogens (primary N) is 1. The van der Waals surface area contributed by atoms with E-state index >= 15 is 0 Å². The molecule has 2 N–H and O–H groups in total. The van der Waals surface area contributed by atoms with Crippen LogP contribution in [0, 0.1) is 6.92 Å². The minimum absolute atomic E-state index is 0.103. The summed E-state index contributed by atoms with van der Waals surface area (Å²) >= 11 is -0.527. The third-order valence-corrected chi connectivity index (χ3v) is 4.79. The predicted molar refractivity (Wildman–Crippen MR) is 69.8 cm³/mol. The van der Waals surface area contributed by atoms with Crippen LogP contribution in [-0.2, 0) is 0 Å². The first-order chi connectivity index (χ1) is 9.61. The quantitative estimate of drug-likeness (QED) is 0.399. The molecule has 0 atom stereocenters. The normalized spacial score (nSPS) is 11.3. The molecule has 8 heteroatoms. The van der Waals surface area contributed by atoms with Crippen LogP contribution in [0.2, 0.25) is 0 Å². The number of aryl methyl sites for hydroxylation is 1. The summed E-state index contributed by atoms with van der Waals surface area (Å²) in [6, 6.07) is 1.77. The number of nitrogen functional groups attached to an aromatic ring is 1. The Hall–Kier alpha value is -1.97. The van der Waals surface area contributed by atoms with Gasteiger partial charge in [0.05, 0.1) is 0 Å². The van der Waals surface area contributed by atoms with Gasteiger partial charge in [0.2, 0.25) is 0 Å². The van der Waals surface area contributed by atoms with Crippen LogP contribution in [0.25, 0.3) is 22.2 Å². The number of aromatic nitrogens is 4. The van der Waals surface area contributed by atoms with E-state index in [4.69, 9.17) is 10.3 Å². The maximum absolute atomic E-state index is 12.6. The monoisotopic (exact) mass is 384 g/mol. The van der Waals surface area contributed by atoms with E-state index in [9.17, 15) is 4.79 Å².